The fourth-order valence-corrected chi connectivity index (χ4v) is 4.82. The van der Waals surface area contributed by atoms with Crippen molar-refractivity contribution in [2.24, 2.45) is 20.0 Å². The monoisotopic (exact) mass is 469 g/mol. The number of H-pyrrole nitrogens is 1. The summed E-state index contributed by atoms with van der Waals surface area (Å²) in [5, 5.41) is 15.8. The van der Waals surface area contributed by atoms with Crippen LogP contribution in [0.25, 0.3) is 33.3 Å². The number of hydrogen-bond acceptors (Lipinski definition) is 4. The first kappa shape index (κ1) is 22.5. The normalized spacial score (nSPS) is 11.7. The Morgan fingerprint density at radius 1 is 1.17 bits per heavy atom. The highest BCUT2D eigenvalue weighted by molar-refractivity contribution is 5.91. The number of para-hydroxylation sites is 1. The second-order valence-corrected chi connectivity index (χ2v) is 9.47. The molecule has 4 aromatic heterocycles. The van der Waals surface area contributed by atoms with E-state index in [1.54, 1.807) is 21.5 Å². The molecule has 0 spiro atoms. The van der Waals surface area contributed by atoms with E-state index in [1.165, 1.54) is 7.05 Å². The molecule has 0 aliphatic rings. The summed E-state index contributed by atoms with van der Waals surface area (Å²) < 4.78 is 6.34. The van der Waals surface area contributed by atoms with Crippen molar-refractivity contribution >= 4 is 21.9 Å². The van der Waals surface area contributed by atoms with Crippen LogP contribution in [0, 0.1) is 24.2 Å². The van der Waals surface area contributed by atoms with Crippen LogP contribution < -0.4 is 11.2 Å². The van der Waals surface area contributed by atoms with Gasteiger partial charge in [-0.1, -0.05) is 32.0 Å². The Labute approximate surface area is 201 Å². The predicted molar refractivity (Wildman–Crippen MR) is 135 cm³/mol. The lowest BCUT2D eigenvalue weighted by Gasteiger charge is -2.11. The molecule has 0 saturated carbocycles. The summed E-state index contributed by atoms with van der Waals surface area (Å²) in [5.74, 6) is 0.179. The second kappa shape index (κ2) is 8.17. The van der Waals surface area contributed by atoms with Crippen molar-refractivity contribution in [2.75, 3.05) is 0 Å². The van der Waals surface area contributed by atoms with Gasteiger partial charge >= 0.3 is 5.69 Å². The fourth-order valence-electron chi connectivity index (χ4n) is 4.82. The summed E-state index contributed by atoms with van der Waals surface area (Å²) >= 11 is 0. The summed E-state index contributed by atoms with van der Waals surface area (Å²) in [4.78, 5) is 30.0. The largest absolute Gasteiger partial charge is 0.358 e. The molecule has 0 bridgehead atoms. The number of aromatic nitrogens is 6. The summed E-state index contributed by atoms with van der Waals surface area (Å²) in [6, 6.07) is 12.0. The SMILES string of the molecule is Cc1[nH]c2ccccc2c1Cn1nc2c(c1-c1cc(C#N)cn1C)c(=O)n(C)c(=O)n2CC(C)C. The Morgan fingerprint density at radius 2 is 1.91 bits per heavy atom. The first-order chi connectivity index (χ1) is 16.7. The van der Waals surface area contributed by atoms with Crippen molar-refractivity contribution in [1.29, 1.82) is 5.26 Å². The van der Waals surface area contributed by atoms with Crippen LogP contribution in [0.3, 0.4) is 0 Å². The van der Waals surface area contributed by atoms with Crippen LogP contribution in [0.1, 0.15) is 30.7 Å². The Hall–Kier alpha value is -4.32. The van der Waals surface area contributed by atoms with Gasteiger partial charge in [0.2, 0.25) is 0 Å². The Bertz CT molecular complexity index is 1770. The van der Waals surface area contributed by atoms with Crippen LogP contribution in [-0.4, -0.2) is 28.5 Å². The zero-order chi connectivity index (χ0) is 25.0. The molecule has 5 rings (SSSR count). The van der Waals surface area contributed by atoms with Crippen LogP contribution in [0.15, 0.2) is 46.1 Å². The average Bonchev–Trinajstić information content (AvgIpc) is 3.48. The molecule has 0 atom stereocenters. The van der Waals surface area contributed by atoms with Gasteiger partial charge in [-0.2, -0.15) is 10.4 Å². The molecular weight excluding hydrogens is 442 g/mol. The highest BCUT2D eigenvalue weighted by Gasteiger charge is 2.25. The van der Waals surface area contributed by atoms with Crippen LogP contribution in [0.4, 0.5) is 0 Å². The van der Waals surface area contributed by atoms with Crippen LogP contribution in [-0.2, 0) is 27.2 Å². The summed E-state index contributed by atoms with van der Waals surface area (Å²) in [6.07, 6.45) is 1.73. The predicted octanol–water partition coefficient (Wildman–Crippen LogP) is 3.27. The molecule has 35 heavy (non-hydrogen) atoms. The standard InChI is InChI=1S/C26H27N7O2/c1-15(2)12-32-24-22(25(34)31(5)26(32)35)23(21-10-17(11-27)13-30(21)4)33(29-24)14-19-16(3)28-20-9-7-6-8-18(19)20/h6-10,13,15,28H,12,14H2,1-5H3. The first-order valence-corrected chi connectivity index (χ1v) is 11.5. The minimum atomic E-state index is -0.401. The van der Waals surface area contributed by atoms with E-state index in [9.17, 15) is 14.9 Å². The van der Waals surface area contributed by atoms with Gasteiger partial charge in [-0.25, -0.2) is 4.79 Å². The van der Waals surface area contributed by atoms with Crippen molar-refractivity contribution in [3.05, 3.63) is 74.2 Å². The lowest BCUT2D eigenvalue weighted by Crippen LogP contribution is -2.38. The van der Waals surface area contributed by atoms with Gasteiger partial charge in [-0.3, -0.25) is 18.6 Å². The van der Waals surface area contributed by atoms with E-state index >= 15 is 0 Å². The number of nitriles is 1. The molecule has 4 heterocycles. The van der Waals surface area contributed by atoms with E-state index < -0.39 is 5.56 Å². The topological polar surface area (TPSA) is 106 Å². The van der Waals surface area contributed by atoms with Gasteiger partial charge in [0, 0.05) is 49.0 Å². The van der Waals surface area contributed by atoms with Gasteiger partial charge in [0.05, 0.1) is 17.8 Å². The summed E-state index contributed by atoms with van der Waals surface area (Å²) in [5.41, 5.74) is 4.42. The average molecular weight is 470 g/mol. The second-order valence-electron chi connectivity index (χ2n) is 9.47. The molecule has 0 amide bonds. The van der Waals surface area contributed by atoms with Crippen molar-refractivity contribution in [2.45, 2.75) is 33.9 Å². The molecule has 9 nitrogen and oxygen atoms in total. The van der Waals surface area contributed by atoms with E-state index in [-0.39, 0.29) is 11.6 Å². The van der Waals surface area contributed by atoms with Crippen molar-refractivity contribution in [3.63, 3.8) is 0 Å². The number of hydrogen-bond donors (Lipinski definition) is 1. The molecule has 178 valence electrons. The van der Waals surface area contributed by atoms with Crippen molar-refractivity contribution < 1.29 is 0 Å². The van der Waals surface area contributed by atoms with E-state index in [0.29, 0.717) is 41.1 Å². The smallest absolute Gasteiger partial charge is 0.332 e. The molecular formula is C26H27N7O2. The van der Waals surface area contributed by atoms with Crippen molar-refractivity contribution in [1.82, 2.24) is 28.5 Å². The maximum absolute atomic E-state index is 13.5. The van der Waals surface area contributed by atoms with Gasteiger partial charge < -0.3 is 9.55 Å². The molecule has 5 aromatic rings. The lowest BCUT2D eigenvalue weighted by atomic mass is 10.1. The third-order valence-electron chi connectivity index (χ3n) is 6.49. The highest BCUT2D eigenvalue weighted by Crippen LogP contribution is 2.30. The van der Waals surface area contributed by atoms with E-state index in [0.717, 1.165) is 26.7 Å². The Kier molecular flexibility index (Phi) is 5.24. The minimum Gasteiger partial charge on any atom is -0.358 e. The van der Waals surface area contributed by atoms with Gasteiger partial charge in [0.1, 0.15) is 17.1 Å². The Morgan fingerprint density at radius 3 is 2.60 bits per heavy atom. The summed E-state index contributed by atoms with van der Waals surface area (Å²) in [6.45, 7) is 6.89. The number of benzene rings is 1. The molecule has 0 unspecified atom stereocenters. The van der Waals surface area contributed by atoms with Gasteiger partial charge in [0.25, 0.3) is 5.56 Å². The number of rotatable bonds is 5. The molecule has 0 aliphatic heterocycles. The summed E-state index contributed by atoms with van der Waals surface area (Å²) in [7, 11) is 3.34. The zero-order valence-corrected chi connectivity index (χ0v) is 20.5. The number of aromatic amines is 1. The van der Waals surface area contributed by atoms with Gasteiger partial charge in [-0.15, -0.1) is 0 Å². The van der Waals surface area contributed by atoms with Crippen LogP contribution >= 0.6 is 0 Å². The maximum atomic E-state index is 13.5. The van der Waals surface area contributed by atoms with Gasteiger partial charge in [0.15, 0.2) is 5.65 Å². The van der Waals surface area contributed by atoms with Crippen LogP contribution in [0.5, 0.6) is 0 Å². The fraction of sp³-hybridized carbons (Fsp3) is 0.308. The van der Waals surface area contributed by atoms with Crippen LogP contribution in [0.2, 0.25) is 0 Å². The first-order valence-electron chi connectivity index (χ1n) is 11.5. The molecule has 0 aliphatic carbocycles. The third kappa shape index (κ3) is 3.49. The van der Waals surface area contributed by atoms with E-state index in [1.807, 2.05) is 50.6 Å². The minimum absolute atomic E-state index is 0.179. The highest BCUT2D eigenvalue weighted by atomic mass is 16.2. The quantitative estimate of drug-likeness (QED) is 0.426. The van der Waals surface area contributed by atoms with E-state index in [4.69, 9.17) is 5.10 Å². The molecule has 1 N–H and O–H groups in total. The lowest BCUT2D eigenvalue weighted by molar-refractivity contribution is 0.498. The number of aryl methyl sites for hydroxylation is 2. The maximum Gasteiger partial charge on any atom is 0.332 e. The third-order valence-corrected chi connectivity index (χ3v) is 6.49. The zero-order valence-electron chi connectivity index (χ0n) is 20.5. The Balaban J connectivity index is 1.88. The molecule has 9 heteroatoms. The van der Waals surface area contributed by atoms with Crippen molar-refractivity contribution in [3.8, 4) is 17.5 Å². The van der Waals surface area contributed by atoms with Gasteiger partial charge in [-0.05, 0) is 25.0 Å². The molecule has 0 fully saturated rings. The number of nitrogens with zero attached hydrogens (tertiary/aromatic N) is 6. The molecule has 0 saturated heterocycles. The number of nitrogens with one attached hydrogen (secondary N) is 1. The van der Waals surface area contributed by atoms with E-state index in [2.05, 4.69) is 17.1 Å². The molecule has 0 radical (unpaired) electrons. The molecule has 1 aromatic carbocycles. The number of fused-ring (bicyclic) bond motifs is 2.